The topological polar surface area (TPSA) is 56.6 Å². The van der Waals surface area contributed by atoms with Gasteiger partial charge in [0.1, 0.15) is 11.6 Å². The minimum Gasteiger partial charge on any atom is -0.353 e. The van der Waals surface area contributed by atoms with Gasteiger partial charge in [-0.05, 0) is 6.92 Å². The maximum absolute atomic E-state index is 11.4. The Hall–Kier alpha value is -1.47. The average Bonchev–Trinajstić information content (AvgIpc) is 2.14. The van der Waals surface area contributed by atoms with Crippen LogP contribution in [-0.4, -0.2) is 10.7 Å². The summed E-state index contributed by atoms with van der Waals surface area (Å²) >= 11 is 1.40. The summed E-state index contributed by atoms with van der Waals surface area (Å²) in [5, 5.41) is 9.40. The number of hydrogen-bond acceptors (Lipinski definition) is 3. The third kappa shape index (κ3) is 2.27. The van der Waals surface area contributed by atoms with E-state index in [1.54, 1.807) is 13.0 Å². The zero-order valence-corrected chi connectivity index (χ0v) is 8.65. The molecule has 0 amide bonds. The van der Waals surface area contributed by atoms with Gasteiger partial charge in [0.25, 0.3) is 0 Å². The van der Waals surface area contributed by atoms with Gasteiger partial charge in [0.05, 0.1) is 5.03 Å². The van der Waals surface area contributed by atoms with Crippen LogP contribution in [0.25, 0.3) is 0 Å². The van der Waals surface area contributed by atoms with Crippen molar-refractivity contribution in [2.45, 2.75) is 11.9 Å². The molecule has 0 fully saturated rings. The maximum Gasteiger partial charge on any atom is 0.200 e. The lowest BCUT2D eigenvalue weighted by Crippen LogP contribution is -2.09. The van der Waals surface area contributed by atoms with Gasteiger partial charge < -0.3 is 4.98 Å². The van der Waals surface area contributed by atoms with Gasteiger partial charge in [0.15, 0.2) is 0 Å². The monoisotopic (exact) mass is 206 g/mol. The predicted molar refractivity (Wildman–Crippen MR) is 57.4 cm³/mol. The van der Waals surface area contributed by atoms with Crippen LogP contribution in [0.2, 0.25) is 0 Å². The minimum atomic E-state index is -0.227. The van der Waals surface area contributed by atoms with E-state index in [2.05, 4.69) is 11.6 Å². The van der Waals surface area contributed by atoms with Crippen LogP contribution in [-0.2, 0) is 0 Å². The molecule has 1 aromatic heterocycles. The molecule has 1 heterocycles. The molecule has 0 aliphatic carbocycles. The number of aromatic amines is 1. The van der Waals surface area contributed by atoms with Gasteiger partial charge in [-0.15, -0.1) is 18.3 Å². The molecule has 0 spiro atoms. The van der Waals surface area contributed by atoms with E-state index in [1.165, 1.54) is 17.8 Å². The Bertz CT molecular complexity index is 442. The fraction of sp³-hybridized carbons (Fsp3) is 0.200. The molecule has 0 aliphatic rings. The van der Waals surface area contributed by atoms with Crippen molar-refractivity contribution in [1.82, 2.24) is 4.98 Å². The Morgan fingerprint density at radius 3 is 3.07 bits per heavy atom. The molecule has 0 atom stereocenters. The van der Waals surface area contributed by atoms with E-state index in [0.717, 1.165) is 5.69 Å². The second-order valence-corrected chi connectivity index (χ2v) is 3.76. The summed E-state index contributed by atoms with van der Waals surface area (Å²) in [6.07, 6.45) is 1.73. The van der Waals surface area contributed by atoms with Crippen molar-refractivity contribution >= 4 is 11.8 Å². The van der Waals surface area contributed by atoms with Crippen molar-refractivity contribution in [2.75, 3.05) is 5.75 Å². The second-order valence-electron chi connectivity index (χ2n) is 2.73. The molecule has 4 heteroatoms. The first kappa shape index (κ1) is 10.6. The first-order chi connectivity index (χ1) is 6.69. The number of aromatic nitrogens is 1. The lowest BCUT2D eigenvalue weighted by Gasteiger charge is -2.02. The fourth-order valence-electron chi connectivity index (χ4n) is 1.01. The standard InChI is InChI=1S/C10H10N2OS/c1-3-4-14-10-8(6-11)9(13)5-7(2)12-10/h3,5H,1,4H2,2H3,(H,12,13). The van der Waals surface area contributed by atoms with E-state index >= 15 is 0 Å². The third-order valence-electron chi connectivity index (χ3n) is 1.59. The van der Waals surface area contributed by atoms with Crippen molar-refractivity contribution in [1.29, 1.82) is 5.26 Å². The molecule has 14 heavy (non-hydrogen) atoms. The molecule has 0 aliphatic heterocycles. The Balaban J connectivity index is 3.20. The predicted octanol–water partition coefficient (Wildman–Crippen LogP) is 1.83. The molecule has 72 valence electrons. The highest BCUT2D eigenvalue weighted by Crippen LogP contribution is 2.17. The molecule has 0 bridgehead atoms. The van der Waals surface area contributed by atoms with Crippen molar-refractivity contribution in [2.24, 2.45) is 0 Å². The molecule has 3 nitrogen and oxygen atoms in total. The smallest absolute Gasteiger partial charge is 0.200 e. The lowest BCUT2D eigenvalue weighted by atomic mass is 10.2. The molecule has 1 N–H and O–H groups in total. The summed E-state index contributed by atoms with van der Waals surface area (Å²) in [6.45, 7) is 5.37. The van der Waals surface area contributed by atoms with Crippen LogP contribution in [0, 0.1) is 18.3 Å². The van der Waals surface area contributed by atoms with Gasteiger partial charge in [-0.1, -0.05) is 6.08 Å². The van der Waals surface area contributed by atoms with Crippen molar-refractivity contribution < 1.29 is 0 Å². The van der Waals surface area contributed by atoms with Gasteiger partial charge in [-0.25, -0.2) is 0 Å². The number of nitrogens with one attached hydrogen (secondary N) is 1. The van der Waals surface area contributed by atoms with Crippen LogP contribution in [0.1, 0.15) is 11.3 Å². The Morgan fingerprint density at radius 2 is 2.50 bits per heavy atom. The van der Waals surface area contributed by atoms with E-state index < -0.39 is 0 Å². The quantitative estimate of drug-likeness (QED) is 0.606. The van der Waals surface area contributed by atoms with Crippen LogP contribution in [0.15, 0.2) is 28.5 Å². The highest BCUT2D eigenvalue weighted by Gasteiger charge is 2.07. The Morgan fingerprint density at radius 1 is 1.79 bits per heavy atom. The lowest BCUT2D eigenvalue weighted by molar-refractivity contribution is 1.03. The molecule has 0 unspecified atom stereocenters. The maximum atomic E-state index is 11.4. The number of hydrogen-bond donors (Lipinski definition) is 1. The van der Waals surface area contributed by atoms with Gasteiger partial charge in [0, 0.05) is 17.5 Å². The molecule has 0 radical (unpaired) electrons. The van der Waals surface area contributed by atoms with Crippen LogP contribution < -0.4 is 5.43 Å². The van der Waals surface area contributed by atoms with Crippen LogP contribution in [0.5, 0.6) is 0 Å². The van der Waals surface area contributed by atoms with E-state index in [-0.39, 0.29) is 11.0 Å². The minimum absolute atomic E-state index is 0.183. The number of nitriles is 1. The largest absolute Gasteiger partial charge is 0.353 e. The zero-order valence-electron chi connectivity index (χ0n) is 7.83. The number of rotatable bonds is 3. The average molecular weight is 206 g/mol. The van der Waals surface area contributed by atoms with Crippen molar-refractivity contribution in [3.63, 3.8) is 0 Å². The highest BCUT2D eigenvalue weighted by molar-refractivity contribution is 7.99. The van der Waals surface area contributed by atoms with E-state index in [0.29, 0.717) is 10.8 Å². The molecule has 0 saturated carbocycles. The second kappa shape index (κ2) is 4.68. The van der Waals surface area contributed by atoms with E-state index in [4.69, 9.17) is 5.26 Å². The van der Waals surface area contributed by atoms with Gasteiger partial charge in [0.2, 0.25) is 5.43 Å². The van der Waals surface area contributed by atoms with Crippen LogP contribution in [0.4, 0.5) is 0 Å². The number of nitrogens with zero attached hydrogens (tertiary/aromatic N) is 1. The third-order valence-corrected chi connectivity index (χ3v) is 2.59. The number of thioether (sulfide) groups is 1. The summed E-state index contributed by atoms with van der Waals surface area (Å²) in [6, 6.07) is 3.33. The molecule has 0 saturated heterocycles. The summed E-state index contributed by atoms with van der Waals surface area (Å²) in [7, 11) is 0. The normalized spacial score (nSPS) is 9.43. The first-order valence-corrected chi connectivity index (χ1v) is 5.05. The van der Waals surface area contributed by atoms with Crippen molar-refractivity contribution in [3.8, 4) is 6.07 Å². The summed E-state index contributed by atoms with van der Waals surface area (Å²) in [5.74, 6) is 0.675. The number of H-pyrrole nitrogens is 1. The molecule has 1 aromatic rings. The van der Waals surface area contributed by atoms with Gasteiger partial charge in [-0.2, -0.15) is 5.26 Å². The number of pyridine rings is 1. The Kier molecular flexibility index (Phi) is 3.55. The Labute approximate surface area is 86.5 Å². The summed E-state index contributed by atoms with van der Waals surface area (Å²) in [4.78, 5) is 14.4. The van der Waals surface area contributed by atoms with Crippen LogP contribution >= 0.6 is 11.8 Å². The van der Waals surface area contributed by atoms with E-state index in [1.807, 2.05) is 6.07 Å². The van der Waals surface area contributed by atoms with Crippen LogP contribution in [0.3, 0.4) is 0 Å². The molecular weight excluding hydrogens is 196 g/mol. The molecular formula is C10H10N2OS. The highest BCUT2D eigenvalue weighted by atomic mass is 32.2. The zero-order chi connectivity index (χ0) is 10.6. The molecule has 1 rings (SSSR count). The van der Waals surface area contributed by atoms with E-state index in [9.17, 15) is 4.79 Å². The van der Waals surface area contributed by atoms with Gasteiger partial charge in [-0.3, -0.25) is 4.79 Å². The fourth-order valence-corrected chi connectivity index (χ4v) is 1.82. The summed E-state index contributed by atoms with van der Waals surface area (Å²) < 4.78 is 0. The SMILES string of the molecule is C=CCSc1[nH]c(C)cc(=O)c1C#N. The number of aryl methyl sites for hydroxylation is 1. The summed E-state index contributed by atoms with van der Waals surface area (Å²) in [5.41, 5.74) is 0.721. The van der Waals surface area contributed by atoms with Crippen molar-refractivity contribution in [3.05, 3.63) is 40.2 Å². The molecule has 0 aromatic carbocycles. The van der Waals surface area contributed by atoms with Gasteiger partial charge >= 0.3 is 0 Å². The first-order valence-electron chi connectivity index (χ1n) is 4.06.